The van der Waals surface area contributed by atoms with Gasteiger partial charge in [-0.25, -0.2) is 8.42 Å². The van der Waals surface area contributed by atoms with Gasteiger partial charge in [0.1, 0.15) is 0 Å². The highest BCUT2D eigenvalue weighted by Crippen LogP contribution is 2.12. The molecule has 0 aliphatic rings. The standard InChI is InChI=1S/C14H27N3O2S/c1-5-7-14-13(10-15-12(3)4)11-16-17(14)8-9-20(18,19)6-2/h11-12,15H,5-10H2,1-4H3. The first-order valence-corrected chi connectivity index (χ1v) is 9.19. The van der Waals surface area contributed by atoms with Crippen molar-refractivity contribution < 1.29 is 8.42 Å². The summed E-state index contributed by atoms with van der Waals surface area (Å²) in [5.41, 5.74) is 2.33. The van der Waals surface area contributed by atoms with Gasteiger partial charge in [-0.15, -0.1) is 0 Å². The molecule has 0 aliphatic carbocycles. The summed E-state index contributed by atoms with van der Waals surface area (Å²) in [5, 5.41) is 7.75. The van der Waals surface area contributed by atoms with Crippen LogP contribution in [-0.2, 0) is 29.3 Å². The lowest BCUT2D eigenvalue weighted by Crippen LogP contribution is -2.23. The highest BCUT2D eigenvalue weighted by Gasteiger charge is 2.13. The molecule has 0 bridgehead atoms. The number of rotatable bonds is 9. The van der Waals surface area contributed by atoms with Crippen molar-refractivity contribution in [1.82, 2.24) is 15.1 Å². The lowest BCUT2D eigenvalue weighted by Gasteiger charge is -2.11. The zero-order valence-electron chi connectivity index (χ0n) is 13.0. The van der Waals surface area contributed by atoms with Crippen LogP contribution in [0.2, 0.25) is 0 Å². The molecule has 116 valence electrons. The Labute approximate surface area is 122 Å². The molecule has 0 unspecified atom stereocenters. The molecule has 1 rings (SSSR count). The molecule has 1 aromatic rings. The van der Waals surface area contributed by atoms with E-state index in [2.05, 4.69) is 31.2 Å². The molecule has 20 heavy (non-hydrogen) atoms. The number of hydrogen-bond donors (Lipinski definition) is 1. The maximum absolute atomic E-state index is 11.6. The first kappa shape index (κ1) is 17.2. The smallest absolute Gasteiger partial charge is 0.151 e. The van der Waals surface area contributed by atoms with E-state index in [1.165, 1.54) is 5.56 Å². The molecule has 0 atom stereocenters. The summed E-state index contributed by atoms with van der Waals surface area (Å²) in [6.45, 7) is 9.26. The van der Waals surface area contributed by atoms with Crippen molar-refractivity contribution in [2.75, 3.05) is 11.5 Å². The summed E-state index contributed by atoms with van der Waals surface area (Å²) in [4.78, 5) is 0. The van der Waals surface area contributed by atoms with Crippen LogP contribution in [-0.4, -0.2) is 35.7 Å². The van der Waals surface area contributed by atoms with Crippen LogP contribution in [0.4, 0.5) is 0 Å². The van der Waals surface area contributed by atoms with Gasteiger partial charge in [-0.05, 0) is 6.42 Å². The van der Waals surface area contributed by atoms with Crippen LogP contribution in [0.5, 0.6) is 0 Å². The molecule has 0 spiro atoms. The SMILES string of the molecule is CCCc1c(CNC(C)C)cnn1CCS(=O)(=O)CC. The number of hydrogen-bond acceptors (Lipinski definition) is 4. The van der Waals surface area contributed by atoms with Crippen LogP contribution < -0.4 is 5.32 Å². The van der Waals surface area contributed by atoms with Crippen LogP contribution in [0.15, 0.2) is 6.20 Å². The fourth-order valence-corrected chi connectivity index (χ4v) is 2.74. The van der Waals surface area contributed by atoms with Gasteiger partial charge in [0.15, 0.2) is 9.84 Å². The van der Waals surface area contributed by atoms with Crippen molar-refractivity contribution in [3.63, 3.8) is 0 Å². The Balaban J connectivity index is 2.80. The van der Waals surface area contributed by atoms with Gasteiger partial charge in [-0.2, -0.15) is 5.10 Å². The molecule has 0 radical (unpaired) electrons. The van der Waals surface area contributed by atoms with E-state index in [4.69, 9.17) is 0 Å². The molecule has 0 aliphatic heterocycles. The minimum atomic E-state index is -2.94. The predicted molar refractivity (Wildman–Crippen MR) is 82.5 cm³/mol. The molecule has 0 aromatic carbocycles. The van der Waals surface area contributed by atoms with Crippen LogP contribution in [0.1, 0.15) is 45.4 Å². The molecular weight excluding hydrogens is 274 g/mol. The van der Waals surface area contributed by atoms with Gasteiger partial charge in [0.05, 0.1) is 18.5 Å². The molecule has 6 heteroatoms. The van der Waals surface area contributed by atoms with Crippen LogP contribution in [0.3, 0.4) is 0 Å². The molecule has 0 fully saturated rings. The van der Waals surface area contributed by atoms with E-state index in [-0.39, 0.29) is 11.5 Å². The second-order valence-corrected chi connectivity index (χ2v) is 7.83. The zero-order chi connectivity index (χ0) is 15.2. The maximum atomic E-state index is 11.6. The quantitative estimate of drug-likeness (QED) is 0.755. The number of aryl methyl sites for hydroxylation is 1. The monoisotopic (exact) mass is 301 g/mol. The number of sulfone groups is 1. The molecule has 1 N–H and O–H groups in total. The summed E-state index contributed by atoms with van der Waals surface area (Å²) in [5.74, 6) is 0.359. The third kappa shape index (κ3) is 5.25. The minimum Gasteiger partial charge on any atom is -0.310 e. The van der Waals surface area contributed by atoms with Crippen LogP contribution in [0, 0.1) is 0 Å². The van der Waals surface area contributed by atoms with Gasteiger partial charge in [0, 0.05) is 29.6 Å². The fraction of sp³-hybridized carbons (Fsp3) is 0.786. The second kappa shape index (κ2) is 7.78. The van der Waals surface area contributed by atoms with Gasteiger partial charge in [0.2, 0.25) is 0 Å². The molecule has 5 nitrogen and oxygen atoms in total. The van der Waals surface area contributed by atoms with E-state index in [1.54, 1.807) is 6.92 Å². The van der Waals surface area contributed by atoms with E-state index in [1.807, 2.05) is 10.9 Å². The molecule has 1 heterocycles. The first-order chi connectivity index (χ1) is 9.39. The Bertz CT molecular complexity index is 506. The van der Waals surface area contributed by atoms with Gasteiger partial charge >= 0.3 is 0 Å². The molecule has 0 saturated heterocycles. The number of nitrogens with one attached hydrogen (secondary N) is 1. The van der Waals surface area contributed by atoms with E-state index < -0.39 is 9.84 Å². The third-order valence-corrected chi connectivity index (χ3v) is 4.96. The van der Waals surface area contributed by atoms with E-state index in [0.29, 0.717) is 12.6 Å². The highest BCUT2D eigenvalue weighted by atomic mass is 32.2. The zero-order valence-corrected chi connectivity index (χ0v) is 13.8. The van der Waals surface area contributed by atoms with E-state index in [0.717, 1.165) is 25.1 Å². The summed E-state index contributed by atoms with van der Waals surface area (Å²) in [7, 11) is -2.94. The van der Waals surface area contributed by atoms with Crippen molar-refractivity contribution in [2.24, 2.45) is 0 Å². The summed E-state index contributed by atoms with van der Waals surface area (Å²) in [6, 6.07) is 0.424. The Hall–Kier alpha value is -0.880. The maximum Gasteiger partial charge on any atom is 0.151 e. The Morgan fingerprint density at radius 3 is 2.60 bits per heavy atom. The Morgan fingerprint density at radius 1 is 1.35 bits per heavy atom. The lowest BCUT2D eigenvalue weighted by molar-refractivity contribution is 0.566. The molecule has 1 aromatic heterocycles. The summed E-state index contributed by atoms with van der Waals surface area (Å²) in [6.07, 6.45) is 3.82. The van der Waals surface area contributed by atoms with Gasteiger partial charge in [-0.3, -0.25) is 4.68 Å². The van der Waals surface area contributed by atoms with Gasteiger partial charge < -0.3 is 5.32 Å². The largest absolute Gasteiger partial charge is 0.310 e. The summed E-state index contributed by atoms with van der Waals surface area (Å²) >= 11 is 0. The Morgan fingerprint density at radius 2 is 2.05 bits per heavy atom. The van der Waals surface area contributed by atoms with Gasteiger partial charge in [0.25, 0.3) is 0 Å². The molecule has 0 amide bonds. The third-order valence-electron chi connectivity index (χ3n) is 3.28. The average molecular weight is 301 g/mol. The van der Waals surface area contributed by atoms with Crippen molar-refractivity contribution in [3.05, 3.63) is 17.5 Å². The normalized spacial score (nSPS) is 12.2. The van der Waals surface area contributed by atoms with Crippen molar-refractivity contribution in [2.45, 2.75) is 59.7 Å². The van der Waals surface area contributed by atoms with E-state index >= 15 is 0 Å². The minimum absolute atomic E-state index is 0.166. The summed E-state index contributed by atoms with van der Waals surface area (Å²) < 4.78 is 25.1. The first-order valence-electron chi connectivity index (χ1n) is 7.37. The topological polar surface area (TPSA) is 64.0 Å². The van der Waals surface area contributed by atoms with Crippen LogP contribution in [0.25, 0.3) is 0 Å². The van der Waals surface area contributed by atoms with Gasteiger partial charge in [-0.1, -0.05) is 34.1 Å². The predicted octanol–water partition coefficient (Wildman–Crippen LogP) is 1.77. The van der Waals surface area contributed by atoms with Crippen molar-refractivity contribution in [1.29, 1.82) is 0 Å². The van der Waals surface area contributed by atoms with Crippen LogP contribution >= 0.6 is 0 Å². The van der Waals surface area contributed by atoms with E-state index in [9.17, 15) is 8.42 Å². The second-order valence-electron chi connectivity index (χ2n) is 5.36. The average Bonchev–Trinajstić information content (AvgIpc) is 2.77. The number of nitrogens with zero attached hydrogens (tertiary/aromatic N) is 2. The van der Waals surface area contributed by atoms with Crippen molar-refractivity contribution >= 4 is 9.84 Å². The number of aromatic nitrogens is 2. The van der Waals surface area contributed by atoms with Crippen molar-refractivity contribution in [3.8, 4) is 0 Å². The highest BCUT2D eigenvalue weighted by molar-refractivity contribution is 7.91. The molecule has 0 saturated carbocycles. The Kier molecular flexibility index (Phi) is 6.68. The molecular formula is C14H27N3O2S. The fourth-order valence-electron chi connectivity index (χ4n) is 2.00. The lowest BCUT2D eigenvalue weighted by atomic mass is 10.1.